The number of hydrogen-bond acceptors (Lipinski definition) is 5. The number of pyridine rings is 1. The summed E-state index contributed by atoms with van der Waals surface area (Å²) in [6, 6.07) is 11.5. The van der Waals surface area contributed by atoms with E-state index in [2.05, 4.69) is 26.6 Å². The number of anilines is 1. The zero-order valence-electron chi connectivity index (χ0n) is 15.3. The molecule has 3 rings (SSSR count). The van der Waals surface area contributed by atoms with Crippen molar-refractivity contribution in [2.75, 3.05) is 5.32 Å². The molecule has 1 atom stereocenters. The van der Waals surface area contributed by atoms with Crippen molar-refractivity contribution in [2.45, 2.75) is 37.7 Å². The van der Waals surface area contributed by atoms with Crippen LogP contribution in [0.2, 0.25) is 5.02 Å². The van der Waals surface area contributed by atoms with Gasteiger partial charge in [-0.15, -0.1) is 10.2 Å². The van der Waals surface area contributed by atoms with Gasteiger partial charge < -0.3 is 9.88 Å². The first-order chi connectivity index (χ1) is 13.0. The molecular formula is C19H20ClN5OS. The van der Waals surface area contributed by atoms with E-state index >= 15 is 0 Å². The summed E-state index contributed by atoms with van der Waals surface area (Å²) < 4.78 is 2.02. The van der Waals surface area contributed by atoms with Crippen LogP contribution in [-0.4, -0.2) is 30.9 Å². The first kappa shape index (κ1) is 19.4. The van der Waals surface area contributed by atoms with Gasteiger partial charge in [0, 0.05) is 18.3 Å². The number of carbonyl (C=O) groups excluding carboxylic acids is 1. The molecule has 0 saturated carbocycles. The first-order valence-corrected chi connectivity index (χ1v) is 9.83. The molecule has 8 heteroatoms. The Balaban J connectivity index is 1.75. The van der Waals surface area contributed by atoms with Crippen LogP contribution in [0.1, 0.15) is 19.4 Å². The molecule has 1 amide bonds. The van der Waals surface area contributed by atoms with Crippen molar-refractivity contribution < 1.29 is 4.79 Å². The standard InChI is InChI=1S/C19H20ClN5OS/c1-4-25-17(14-7-5-6-12(2)10-14)23-24-19(25)27-13(3)18(26)22-16-9-8-15(20)11-21-16/h5-11,13H,4H2,1-3H3,(H,21,22,26). The van der Waals surface area contributed by atoms with E-state index in [9.17, 15) is 4.79 Å². The molecule has 0 radical (unpaired) electrons. The molecule has 0 bridgehead atoms. The molecule has 0 aliphatic rings. The van der Waals surface area contributed by atoms with Crippen molar-refractivity contribution in [1.29, 1.82) is 0 Å². The largest absolute Gasteiger partial charge is 0.310 e. The number of aryl methyl sites for hydroxylation is 1. The Bertz CT molecular complexity index is 942. The lowest BCUT2D eigenvalue weighted by Gasteiger charge is -2.12. The fourth-order valence-electron chi connectivity index (χ4n) is 2.55. The van der Waals surface area contributed by atoms with Gasteiger partial charge in [0.25, 0.3) is 0 Å². The van der Waals surface area contributed by atoms with Crippen molar-refractivity contribution in [3.8, 4) is 11.4 Å². The average Bonchev–Trinajstić information content (AvgIpc) is 3.06. The predicted octanol–water partition coefficient (Wildman–Crippen LogP) is 4.44. The van der Waals surface area contributed by atoms with Gasteiger partial charge in [0.2, 0.25) is 5.91 Å². The minimum Gasteiger partial charge on any atom is -0.310 e. The zero-order valence-corrected chi connectivity index (χ0v) is 16.9. The molecule has 1 N–H and O–H groups in total. The maximum Gasteiger partial charge on any atom is 0.238 e. The summed E-state index contributed by atoms with van der Waals surface area (Å²) in [6.45, 7) is 6.63. The van der Waals surface area contributed by atoms with Gasteiger partial charge in [-0.2, -0.15) is 0 Å². The summed E-state index contributed by atoms with van der Waals surface area (Å²) in [5.41, 5.74) is 2.18. The number of rotatable bonds is 6. The van der Waals surface area contributed by atoms with Crippen molar-refractivity contribution in [3.05, 3.63) is 53.2 Å². The van der Waals surface area contributed by atoms with Crippen LogP contribution in [0.5, 0.6) is 0 Å². The van der Waals surface area contributed by atoms with Crippen LogP contribution < -0.4 is 5.32 Å². The molecule has 140 valence electrons. The third-order valence-electron chi connectivity index (χ3n) is 3.94. The number of hydrogen-bond donors (Lipinski definition) is 1. The summed E-state index contributed by atoms with van der Waals surface area (Å²) in [7, 11) is 0. The molecule has 2 heterocycles. The number of aromatic nitrogens is 4. The first-order valence-electron chi connectivity index (χ1n) is 8.57. The molecule has 6 nitrogen and oxygen atoms in total. The minimum atomic E-state index is -0.359. The molecule has 0 fully saturated rings. The van der Waals surface area contributed by atoms with E-state index in [1.165, 1.54) is 18.0 Å². The van der Waals surface area contributed by atoms with Gasteiger partial charge >= 0.3 is 0 Å². The number of nitrogens with one attached hydrogen (secondary N) is 1. The quantitative estimate of drug-likeness (QED) is 0.618. The second-order valence-electron chi connectivity index (χ2n) is 6.03. The maximum atomic E-state index is 12.5. The molecule has 0 aliphatic heterocycles. The summed E-state index contributed by atoms with van der Waals surface area (Å²) in [6.07, 6.45) is 1.50. The van der Waals surface area contributed by atoms with Gasteiger partial charge in [0.05, 0.1) is 10.3 Å². The van der Waals surface area contributed by atoms with Crippen molar-refractivity contribution >= 4 is 35.1 Å². The average molecular weight is 402 g/mol. The lowest BCUT2D eigenvalue weighted by Crippen LogP contribution is -2.23. The summed E-state index contributed by atoms with van der Waals surface area (Å²) >= 11 is 7.19. The van der Waals surface area contributed by atoms with Crippen LogP contribution in [0.25, 0.3) is 11.4 Å². The van der Waals surface area contributed by atoms with Crippen LogP contribution in [0, 0.1) is 6.92 Å². The molecule has 1 aromatic carbocycles. The Morgan fingerprint density at radius 2 is 2.11 bits per heavy atom. The molecule has 1 unspecified atom stereocenters. The maximum absolute atomic E-state index is 12.5. The van der Waals surface area contributed by atoms with E-state index in [0.29, 0.717) is 22.5 Å². The van der Waals surface area contributed by atoms with E-state index < -0.39 is 0 Å². The van der Waals surface area contributed by atoms with E-state index in [1.807, 2.05) is 43.5 Å². The summed E-state index contributed by atoms with van der Waals surface area (Å²) in [4.78, 5) is 16.5. The van der Waals surface area contributed by atoms with Crippen LogP contribution in [0.15, 0.2) is 47.8 Å². The third-order valence-corrected chi connectivity index (χ3v) is 5.24. The highest BCUT2D eigenvalue weighted by molar-refractivity contribution is 8.00. The second-order valence-corrected chi connectivity index (χ2v) is 7.78. The van der Waals surface area contributed by atoms with Gasteiger partial charge in [0.1, 0.15) is 5.82 Å². The number of amides is 1. The van der Waals surface area contributed by atoms with Crippen LogP contribution in [-0.2, 0) is 11.3 Å². The van der Waals surface area contributed by atoms with Gasteiger partial charge in [0.15, 0.2) is 11.0 Å². The van der Waals surface area contributed by atoms with Gasteiger partial charge in [-0.25, -0.2) is 4.98 Å². The highest BCUT2D eigenvalue weighted by atomic mass is 35.5. The van der Waals surface area contributed by atoms with Crippen molar-refractivity contribution in [1.82, 2.24) is 19.7 Å². The Hall–Kier alpha value is -2.38. The smallest absolute Gasteiger partial charge is 0.238 e. The van der Waals surface area contributed by atoms with Crippen molar-refractivity contribution in [3.63, 3.8) is 0 Å². The molecule has 0 aliphatic carbocycles. The van der Waals surface area contributed by atoms with Gasteiger partial charge in [-0.05, 0) is 39.0 Å². The Labute approximate surface area is 167 Å². The van der Waals surface area contributed by atoms with E-state index in [-0.39, 0.29) is 11.2 Å². The van der Waals surface area contributed by atoms with Gasteiger partial charge in [-0.3, -0.25) is 4.79 Å². The lowest BCUT2D eigenvalue weighted by molar-refractivity contribution is -0.115. The van der Waals surface area contributed by atoms with E-state index in [0.717, 1.165) is 17.0 Å². The van der Waals surface area contributed by atoms with Crippen LogP contribution in [0.3, 0.4) is 0 Å². The molecule has 3 aromatic rings. The Morgan fingerprint density at radius 3 is 2.78 bits per heavy atom. The Morgan fingerprint density at radius 1 is 1.30 bits per heavy atom. The molecule has 0 saturated heterocycles. The highest BCUT2D eigenvalue weighted by Gasteiger charge is 2.20. The SMILES string of the molecule is CCn1c(SC(C)C(=O)Nc2ccc(Cl)cn2)nnc1-c1cccc(C)c1. The predicted molar refractivity (Wildman–Crippen MR) is 109 cm³/mol. The summed E-state index contributed by atoms with van der Waals surface area (Å²) in [5, 5.41) is 12.3. The van der Waals surface area contributed by atoms with Crippen molar-refractivity contribution in [2.24, 2.45) is 0 Å². The third kappa shape index (κ3) is 4.67. The molecule has 0 spiro atoms. The second kappa shape index (κ2) is 8.54. The topological polar surface area (TPSA) is 72.7 Å². The Kier molecular flexibility index (Phi) is 6.13. The van der Waals surface area contributed by atoms with Gasteiger partial charge in [-0.1, -0.05) is 47.1 Å². The van der Waals surface area contributed by atoms with E-state index in [1.54, 1.807) is 12.1 Å². The number of benzene rings is 1. The van der Waals surface area contributed by atoms with Crippen LogP contribution in [0.4, 0.5) is 5.82 Å². The number of thioether (sulfide) groups is 1. The van der Waals surface area contributed by atoms with E-state index in [4.69, 9.17) is 11.6 Å². The number of halogens is 1. The molecular weight excluding hydrogens is 382 g/mol. The van der Waals surface area contributed by atoms with Crippen LogP contribution >= 0.6 is 23.4 Å². The number of nitrogens with zero attached hydrogens (tertiary/aromatic N) is 4. The fraction of sp³-hybridized carbons (Fsp3) is 0.263. The fourth-order valence-corrected chi connectivity index (χ4v) is 3.57. The molecule has 2 aromatic heterocycles. The minimum absolute atomic E-state index is 0.155. The molecule has 27 heavy (non-hydrogen) atoms. The number of carbonyl (C=O) groups is 1. The normalized spacial score (nSPS) is 12.0. The highest BCUT2D eigenvalue weighted by Crippen LogP contribution is 2.27. The lowest BCUT2D eigenvalue weighted by atomic mass is 10.1. The monoisotopic (exact) mass is 401 g/mol. The zero-order chi connectivity index (χ0) is 19.4. The summed E-state index contributed by atoms with van der Waals surface area (Å²) in [5.74, 6) is 1.11.